The van der Waals surface area contributed by atoms with Crippen molar-refractivity contribution < 1.29 is 9.53 Å². The van der Waals surface area contributed by atoms with Crippen LogP contribution in [0.1, 0.15) is 12.5 Å². The third kappa shape index (κ3) is 2.66. The van der Waals surface area contributed by atoms with E-state index in [9.17, 15) is 4.79 Å². The van der Waals surface area contributed by atoms with Crippen LogP contribution in [-0.4, -0.2) is 26.2 Å². The second-order valence-electron chi connectivity index (χ2n) is 4.79. The zero-order chi connectivity index (χ0) is 14.0. The highest BCUT2D eigenvalue weighted by Crippen LogP contribution is 2.31. The molecule has 0 radical (unpaired) electrons. The third-order valence-corrected chi connectivity index (χ3v) is 3.87. The molecule has 1 aliphatic heterocycles. The minimum Gasteiger partial charge on any atom is -0.469 e. The van der Waals surface area contributed by atoms with Crippen LogP contribution in [0, 0.1) is 23.2 Å². The lowest BCUT2D eigenvalue weighted by atomic mass is 9.99. The second kappa shape index (κ2) is 5.50. The van der Waals surface area contributed by atoms with Crippen LogP contribution in [0.3, 0.4) is 0 Å². The van der Waals surface area contributed by atoms with E-state index in [1.54, 1.807) is 12.1 Å². The number of hydrogen-bond donors (Lipinski definition) is 0. The molecule has 1 saturated heterocycles. The Balaban J connectivity index is 2.19. The zero-order valence-corrected chi connectivity index (χ0v) is 11.6. The minimum atomic E-state index is -0.172. The highest BCUT2D eigenvalue weighted by atomic mass is 35.5. The number of esters is 1. The van der Waals surface area contributed by atoms with Gasteiger partial charge in [0.2, 0.25) is 0 Å². The normalized spacial score (nSPS) is 22.1. The summed E-state index contributed by atoms with van der Waals surface area (Å²) in [5, 5.41) is 9.29. The number of ether oxygens (including phenoxy) is 1. The average Bonchev–Trinajstić information content (AvgIpc) is 2.80. The van der Waals surface area contributed by atoms with Gasteiger partial charge in [0.25, 0.3) is 0 Å². The van der Waals surface area contributed by atoms with Crippen LogP contribution in [0.2, 0.25) is 5.02 Å². The van der Waals surface area contributed by atoms with Gasteiger partial charge >= 0.3 is 5.97 Å². The number of rotatable bonds is 2. The first-order valence-corrected chi connectivity index (χ1v) is 6.47. The number of halogens is 1. The van der Waals surface area contributed by atoms with Gasteiger partial charge in [0.05, 0.1) is 23.6 Å². The van der Waals surface area contributed by atoms with Gasteiger partial charge < -0.3 is 9.64 Å². The number of carbonyl (C=O) groups is 1. The van der Waals surface area contributed by atoms with Gasteiger partial charge in [-0.15, -0.1) is 0 Å². The maximum Gasteiger partial charge on any atom is 0.310 e. The summed E-state index contributed by atoms with van der Waals surface area (Å²) in [5.41, 5.74) is 1.39. The molecule has 5 heteroatoms. The summed E-state index contributed by atoms with van der Waals surface area (Å²) in [6, 6.07) is 7.36. The lowest BCUT2D eigenvalue weighted by Crippen LogP contribution is -2.24. The van der Waals surface area contributed by atoms with Crippen molar-refractivity contribution in [1.29, 1.82) is 5.26 Å². The summed E-state index contributed by atoms with van der Waals surface area (Å²) < 4.78 is 4.81. The molecule has 4 nitrogen and oxygen atoms in total. The number of methoxy groups -OCH3 is 1. The summed E-state index contributed by atoms with van der Waals surface area (Å²) in [6.07, 6.45) is 0. The molecule has 0 bridgehead atoms. The van der Waals surface area contributed by atoms with E-state index in [0.29, 0.717) is 17.1 Å². The molecule has 1 fully saturated rings. The van der Waals surface area contributed by atoms with Crippen LogP contribution in [0.5, 0.6) is 0 Å². The molecule has 0 amide bonds. The molecule has 0 spiro atoms. The Bertz CT molecular complexity index is 539. The molecule has 2 rings (SSSR count). The molecule has 0 N–H and O–H groups in total. The van der Waals surface area contributed by atoms with Crippen molar-refractivity contribution >= 4 is 23.3 Å². The fourth-order valence-corrected chi connectivity index (χ4v) is 2.64. The van der Waals surface area contributed by atoms with E-state index in [0.717, 1.165) is 12.2 Å². The number of nitrogens with zero attached hydrogens (tertiary/aromatic N) is 2. The van der Waals surface area contributed by atoms with Crippen LogP contribution in [0.4, 0.5) is 5.69 Å². The topological polar surface area (TPSA) is 53.3 Å². The molecule has 2 unspecified atom stereocenters. The van der Waals surface area contributed by atoms with Crippen LogP contribution in [0.15, 0.2) is 18.2 Å². The van der Waals surface area contributed by atoms with Gasteiger partial charge in [0, 0.05) is 18.8 Å². The predicted molar refractivity (Wildman–Crippen MR) is 73.1 cm³/mol. The molecular formula is C14H15ClN2O2. The molecule has 1 aromatic carbocycles. The van der Waals surface area contributed by atoms with Crippen LogP contribution in [0.25, 0.3) is 0 Å². The monoisotopic (exact) mass is 278 g/mol. The Kier molecular flexibility index (Phi) is 3.96. The van der Waals surface area contributed by atoms with Gasteiger partial charge in [0.15, 0.2) is 0 Å². The second-order valence-corrected chi connectivity index (χ2v) is 5.20. The first-order chi connectivity index (χ1) is 9.06. The van der Waals surface area contributed by atoms with Crippen molar-refractivity contribution in [3.8, 4) is 6.07 Å². The summed E-state index contributed by atoms with van der Waals surface area (Å²) in [5.74, 6) is -0.0453. The van der Waals surface area contributed by atoms with E-state index < -0.39 is 0 Å². The molecule has 0 saturated carbocycles. The minimum absolute atomic E-state index is 0.112. The standard InChI is InChI=1S/C14H15ClN2O2/c1-9-7-17(8-12(9)14(18)19-2)11-4-3-10(6-16)13(15)5-11/h3-5,9,12H,7-8H2,1-2H3. The summed E-state index contributed by atoms with van der Waals surface area (Å²) >= 11 is 6.03. The van der Waals surface area contributed by atoms with Gasteiger partial charge in [-0.3, -0.25) is 4.79 Å². The molecule has 2 atom stereocenters. The van der Waals surface area contributed by atoms with Crippen molar-refractivity contribution in [2.45, 2.75) is 6.92 Å². The Morgan fingerprint density at radius 2 is 2.26 bits per heavy atom. The maximum absolute atomic E-state index is 11.7. The summed E-state index contributed by atoms with van der Waals surface area (Å²) in [4.78, 5) is 13.7. The number of anilines is 1. The lowest BCUT2D eigenvalue weighted by Gasteiger charge is -2.18. The lowest BCUT2D eigenvalue weighted by molar-refractivity contribution is -0.145. The largest absolute Gasteiger partial charge is 0.469 e. The smallest absolute Gasteiger partial charge is 0.310 e. The van der Waals surface area contributed by atoms with Gasteiger partial charge in [-0.25, -0.2) is 0 Å². The van der Waals surface area contributed by atoms with Crippen molar-refractivity contribution in [2.24, 2.45) is 11.8 Å². The molecule has 100 valence electrons. The fraction of sp³-hybridized carbons (Fsp3) is 0.429. The van der Waals surface area contributed by atoms with Crippen LogP contribution < -0.4 is 4.90 Å². The van der Waals surface area contributed by atoms with Gasteiger partial charge in [-0.2, -0.15) is 5.26 Å². The number of hydrogen-bond acceptors (Lipinski definition) is 4. The Morgan fingerprint density at radius 3 is 2.84 bits per heavy atom. The third-order valence-electron chi connectivity index (χ3n) is 3.55. The predicted octanol–water partition coefficient (Wildman–Crippen LogP) is 2.46. The van der Waals surface area contributed by atoms with E-state index in [-0.39, 0.29) is 17.8 Å². The molecule has 0 aliphatic carbocycles. The fourth-order valence-electron chi connectivity index (χ4n) is 2.43. The molecule has 1 aromatic rings. The van der Waals surface area contributed by atoms with Gasteiger partial charge in [0.1, 0.15) is 6.07 Å². The Morgan fingerprint density at radius 1 is 1.53 bits per heavy atom. The van der Waals surface area contributed by atoms with E-state index in [4.69, 9.17) is 21.6 Å². The van der Waals surface area contributed by atoms with Crippen LogP contribution in [-0.2, 0) is 9.53 Å². The van der Waals surface area contributed by atoms with Gasteiger partial charge in [-0.05, 0) is 24.1 Å². The highest BCUT2D eigenvalue weighted by Gasteiger charge is 2.35. The summed E-state index contributed by atoms with van der Waals surface area (Å²) in [6.45, 7) is 3.44. The van der Waals surface area contributed by atoms with Crippen molar-refractivity contribution in [1.82, 2.24) is 0 Å². The Hall–Kier alpha value is -1.73. The number of nitriles is 1. The molecule has 19 heavy (non-hydrogen) atoms. The van der Waals surface area contributed by atoms with Crippen molar-refractivity contribution in [3.63, 3.8) is 0 Å². The molecule has 0 aromatic heterocycles. The van der Waals surface area contributed by atoms with Crippen LogP contribution >= 0.6 is 11.6 Å². The Labute approximate surface area is 117 Å². The van der Waals surface area contributed by atoms with E-state index in [1.165, 1.54) is 7.11 Å². The SMILES string of the molecule is COC(=O)C1CN(c2ccc(C#N)c(Cl)c2)CC1C. The van der Waals surface area contributed by atoms with E-state index in [1.807, 2.05) is 19.1 Å². The summed E-state index contributed by atoms with van der Waals surface area (Å²) in [7, 11) is 1.41. The average molecular weight is 279 g/mol. The zero-order valence-electron chi connectivity index (χ0n) is 10.9. The number of carbonyl (C=O) groups excluding carboxylic acids is 1. The maximum atomic E-state index is 11.7. The first kappa shape index (κ1) is 13.7. The molecule has 1 heterocycles. The molecule has 1 aliphatic rings. The van der Waals surface area contributed by atoms with E-state index in [2.05, 4.69) is 4.90 Å². The van der Waals surface area contributed by atoms with E-state index >= 15 is 0 Å². The quantitative estimate of drug-likeness (QED) is 0.780. The molecular weight excluding hydrogens is 264 g/mol. The first-order valence-electron chi connectivity index (χ1n) is 6.09. The number of benzene rings is 1. The van der Waals surface area contributed by atoms with Crippen molar-refractivity contribution in [3.05, 3.63) is 28.8 Å². The van der Waals surface area contributed by atoms with Crippen molar-refractivity contribution in [2.75, 3.05) is 25.1 Å². The van der Waals surface area contributed by atoms with Gasteiger partial charge in [-0.1, -0.05) is 18.5 Å². The highest BCUT2D eigenvalue weighted by molar-refractivity contribution is 6.32.